The quantitative estimate of drug-likeness (QED) is 0.350. The fourth-order valence-electron chi connectivity index (χ4n) is 3.13. The van der Waals surface area contributed by atoms with Crippen LogP contribution in [0.4, 0.5) is 4.79 Å². The zero-order chi connectivity index (χ0) is 18.6. The molecular weight excluding hydrogens is 405 g/mol. The average Bonchev–Trinajstić information content (AvgIpc) is 2.50. The second-order valence-corrected chi connectivity index (χ2v) is 21.7. The number of nitrogens with one attached hydrogen (secondary N) is 1. The van der Waals surface area contributed by atoms with Crippen LogP contribution < -0.4 is 5.32 Å². The van der Waals surface area contributed by atoms with Crippen molar-refractivity contribution in [1.82, 2.24) is 5.32 Å². The minimum atomic E-state index is -2.43. The van der Waals surface area contributed by atoms with Crippen molar-refractivity contribution in [3.05, 3.63) is 10.2 Å². The zero-order valence-corrected chi connectivity index (χ0v) is 19.9. The third-order valence-electron chi connectivity index (χ3n) is 4.62. The summed E-state index contributed by atoms with van der Waals surface area (Å²) in [4.78, 5) is 12.0. The second kappa shape index (κ2) is 12.2. The molecule has 142 valence electrons. The van der Waals surface area contributed by atoms with Crippen LogP contribution in [-0.2, 0) is 4.74 Å². The number of amides is 1. The summed E-state index contributed by atoms with van der Waals surface area (Å²) >= 11 is -2.43. The van der Waals surface area contributed by atoms with Gasteiger partial charge in [-0.25, -0.2) is 0 Å². The molecule has 0 bridgehead atoms. The van der Waals surface area contributed by atoms with Crippen LogP contribution in [0.15, 0.2) is 10.2 Å². The van der Waals surface area contributed by atoms with Crippen LogP contribution in [0.3, 0.4) is 0 Å². The molecule has 24 heavy (non-hydrogen) atoms. The topological polar surface area (TPSA) is 38.3 Å². The number of carbonyl (C=O) groups excluding carboxylic acids is 1. The number of rotatable bonds is 12. The summed E-state index contributed by atoms with van der Waals surface area (Å²) in [6.45, 7) is 17.6. The number of unbranched alkanes of at least 4 members (excludes halogenated alkanes) is 3. The van der Waals surface area contributed by atoms with E-state index in [0.717, 1.165) is 0 Å². The molecule has 0 aliphatic heterocycles. The molecule has 0 aromatic carbocycles. The van der Waals surface area contributed by atoms with E-state index in [1.807, 2.05) is 20.8 Å². The molecule has 0 unspecified atom stereocenters. The molecule has 0 aromatic heterocycles. The summed E-state index contributed by atoms with van der Waals surface area (Å²) in [6, 6.07) is 0. The van der Waals surface area contributed by atoms with Gasteiger partial charge in [0.1, 0.15) is 0 Å². The number of hydrogen-bond donors (Lipinski definition) is 1. The first-order valence-corrected chi connectivity index (χ1v) is 17.3. The van der Waals surface area contributed by atoms with E-state index in [4.69, 9.17) is 4.74 Å². The van der Waals surface area contributed by atoms with Gasteiger partial charge < -0.3 is 0 Å². The van der Waals surface area contributed by atoms with E-state index in [-0.39, 0.29) is 6.09 Å². The van der Waals surface area contributed by atoms with E-state index < -0.39 is 24.0 Å². The number of carbonyl (C=O) groups is 1. The third kappa shape index (κ3) is 9.95. The van der Waals surface area contributed by atoms with Crippen molar-refractivity contribution in [2.45, 2.75) is 99.0 Å². The van der Waals surface area contributed by atoms with E-state index in [9.17, 15) is 4.79 Å². The maximum absolute atomic E-state index is 12.0. The van der Waals surface area contributed by atoms with E-state index in [1.165, 1.54) is 55.4 Å². The minimum absolute atomic E-state index is 0.315. The normalized spacial score (nSPS) is 12.1. The molecular formula is C20H41NO2Sn. The van der Waals surface area contributed by atoms with Crippen LogP contribution >= 0.6 is 0 Å². The van der Waals surface area contributed by atoms with Crippen LogP contribution in [0.2, 0.25) is 13.3 Å². The number of alkyl carbamates (subject to hydrolysis) is 1. The van der Waals surface area contributed by atoms with Crippen LogP contribution in [0.25, 0.3) is 0 Å². The SMILES string of the molecule is C=[C](CNC(=O)OC(C)(C)C)[Sn]([CH2]CCC)([CH2]CCC)[CH2]CCC. The Labute approximate surface area is 154 Å². The second-order valence-electron chi connectivity index (χ2n) is 8.05. The average molecular weight is 446 g/mol. The summed E-state index contributed by atoms with van der Waals surface area (Å²) in [6.07, 6.45) is 7.39. The molecule has 0 saturated carbocycles. The van der Waals surface area contributed by atoms with Crippen molar-refractivity contribution >= 4 is 24.5 Å². The Balaban J connectivity index is 4.93. The van der Waals surface area contributed by atoms with Crippen molar-refractivity contribution in [2.75, 3.05) is 6.54 Å². The first-order valence-electron chi connectivity index (χ1n) is 9.86. The summed E-state index contributed by atoms with van der Waals surface area (Å²) in [5.41, 5.74) is -0.446. The molecule has 0 atom stereocenters. The molecule has 0 aliphatic rings. The van der Waals surface area contributed by atoms with Gasteiger partial charge in [-0.2, -0.15) is 0 Å². The van der Waals surface area contributed by atoms with Crippen molar-refractivity contribution in [1.29, 1.82) is 0 Å². The standard InChI is InChI=1S/C8H14NO2.3C4H9.Sn/c1-5-6-9-7(10)11-8(2,3)4;3*1-3-4-2;/h1,6H2,2-4H3,(H,9,10);3*1,3-4H2,2H3;. The summed E-state index contributed by atoms with van der Waals surface area (Å²) in [5.74, 6) is 0. The van der Waals surface area contributed by atoms with Crippen molar-refractivity contribution in [3.63, 3.8) is 0 Å². The predicted octanol–water partition coefficient (Wildman–Crippen LogP) is 6.46. The molecule has 0 fully saturated rings. The van der Waals surface area contributed by atoms with Gasteiger partial charge in [-0.3, -0.25) is 0 Å². The van der Waals surface area contributed by atoms with Crippen molar-refractivity contribution < 1.29 is 9.53 Å². The molecule has 0 spiro atoms. The van der Waals surface area contributed by atoms with E-state index in [0.29, 0.717) is 6.54 Å². The van der Waals surface area contributed by atoms with E-state index in [2.05, 4.69) is 32.7 Å². The molecule has 0 radical (unpaired) electrons. The first kappa shape index (κ1) is 23.8. The fourth-order valence-corrected chi connectivity index (χ4v) is 18.4. The Kier molecular flexibility index (Phi) is 12.1. The molecule has 0 aromatic rings. The van der Waals surface area contributed by atoms with Gasteiger partial charge in [0.15, 0.2) is 0 Å². The third-order valence-corrected chi connectivity index (χ3v) is 20.6. The molecule has 3 nitrogen and oxygen atoms in total. The Hall–Kier alpha value is -0.191. The van der Waals surface area contributed by atoms with Gasteiger partial charge in [0.2, 0.25) is 0 Å². The molecule has 0 aliphatic carbocycles. The van der Waals surface area contributed by atoms with Crippen molar-refractivity contribution in [3.8, 4) is 0 Å². The monoisotopic (exact) mass is 447 g/mol. The van der Waals surface area contributed by atoms with Gasteiger partial charge in [-0.1, -0.05) is 0 Å². The molecule has 1 N–H and O–H groups in total. The predicted molar refractivity (Wildman–Crippen MR) is 108 cm³/mol. The summed E-state index contributed by atoms with van der Waals surface area (Å²) in [5, 5.41) is 2.97. The van der Waals surface area contributed by atoms with Gasteiger partial charge in [0.05, 0.1) is 0 Å². The summed E-state index contributed by atoms with van der Waals surface area (Å²) in [7, 11) is 0. The molecule has 0 saturated heterocycles. The van der Waals surface area contributed by atoms with Crippen LogP contribution in [-0.4, -0.2) is 36.6 Å². The number of hydrogen-bond acceptors (Lipinski definition) is 2. The Morgan fingerprint density at radius 3 is 1.71 bits per heavy atom. The van der Waals surface area contributed by atoms with Gasteiger partial charge in [-0.05, 0) is 0 Å². The molecule has 0 heterocycles. The Morgan fingerprint density at radius 1 is 0.958 bits per heavy atom. The van der Waals surface area contributed by atoms with Crippen molar-refractivity contribution in [2.24, 2.45) is 0 Å². The van der Waals surface area contributed by atoms with Gasteiger partial charge in [0.25, 0.3) is 0 Å². The zero-order valence-electron chi connectivity index (χ0n) is 17.1. The van der Waals surface area contributed by atoms with E-state index >= 15 is 0 Å². The first-order chi connectivity index (χ1) is 11.2. The number of ether oxygens (including phenoxy) is 1. The fraction of sp³-hybridized carbons (Fsp3) is 0.850. The maximum atomic E-state index is 12.0. The molecule has 1 amide bonds. The van der Waals surface area contributed by atoms with Gasteiger partial charge in [-0.15, -0.1) is 0 Å². The van der Waals surface area contributed by atoms with Crippen LogP contribution in [0.5, 0.6) is 0 Å². The Morgan fingerprint density at radius 2 is 1.38 bits per heavy atom. The van der Waals surface area contributed by atoms with E-state index in [1.54, 1.807) is 0 Å². The van der Waals surface area contributed by atoms with Gasteiger partial charge >= 0.3 is 155 Å². The summed E-state index contributed by atoms with van der Waals surface area (Å²) < 4.78 is 10.9. The van der Waals surface area contributed by atoms with Crippen LogP contribution in [0, 0.1) is 0 Å². The Bertz CT molecular complexity index is 353. The van der Waals surface area contributed by atoms with Gasteiger partial charge in [0, 0.05) is 0 Å². The molecule has 0 rings (SSSR count). The molecule has 4 heteroatoms. The van der Waals surface area contributed by atoms with Crippen LogP contribution in [0.1, 0.15) is 80.1 Å².